The topological polar surface area (TPSA) is 81.4 Å². The molecule has 0 radical (unpaired) electrons. The molecule has 3 aromatic heterocycles. The molecule has 29 heavy (non-hydrogen) atoms. The van der Waals surface area contributed by atoms with Crippen molar-refractivity contribution in [1.82, 2.24) is 24.7 Å². The minimum Gasteiger partial charge on any atom is -0.378 e. The average molecular weight is 393 g/mol. The van der Waals surface area contributed by atoms with Gasteiger partial charge in [0, 0.05) is 36.5 Å². The van der Waals surface area contributed by atoms with E-state index in [1.54, 1.807) is 13.4 Å². The largest absolute Gasteiger partial charge is 0.378 e. The number of fused-ring (bicyclic) bond motifs is 2. The third-order valence-electron chi connectivity index (χ3n) is 5.70. The molecule has 1 N–H and O–H groups in total. The van der Waals surface area contributed by atoms with Crippen molar-refractivity contribution in [3.63, 3.8) is 0 Å². The van der Waals surface area contributed by atoms with Crippen molar-refractivity contribution in [1.29, 1.82) is 0 Å². The van der Waals surface area contributed by atoms with Crippen molar-refractivity contribution in [3.8, 4) is 0 Å². The van der Waals surface area contributed by atoms with Gasteiger partial charge in [0.15, 0.2) is 0 Å². The average Bonchev–Trinajstić information content (AvgIpc) is 3.12. The van der Waals surface area contributed by atoms with Crippen LogP contribution in [-0.4, -0.2) is 32.4 Å². The van der Waals surface area contributed by atoms with Gasteiger partial charge in [-0.25, -0.2) is 15.0 Å². The zero-order valence-electron chi connectivity index (χ0n) is 17.4. The Kier molecular flexibility index (Phi) is 5.08. The van der Waals surface area contributed by atoms with E-state index in [4.69, 9.17) is 9.72 Å². The molecule has 7 nitrogen and oxygen atoms in total. The van der Waals surface area contributed by atoms with Crippen LogP contribution in [0.3, 0.4) is 0 Å². The first-order valence-electron chi connectivity index (χ1n) is 10.0. The smallest absolute Gasteiger partial charge is 0.255 e. The number of amides is 1. The molecule has 1 unspecified atom stereocenters. The van der Waals surface area contributed by atoms with Crippen LogP contribution in [0.1, 0.15) is 72.5 Å². The Hall–Kier alpha value is -2.80. The van der Waals surface area contributed by atoms with Crippen LogP contribution in [0.25, 0.3) is 5.65 Å². The van der Waals surface area contributed by atoms with E-state index in [-0.39, 0.29) is 5.91 Å². The van der Waals surface area contributed by atoms with Gasteiger partial charge in [-0.15, -0.1) is 0 Å². The maximum absolute atomic E-state index is 13.3. The van der Waals surface area contributed by atoms with Crippen LogP contribution in [0.2, 0.25) is 0 Å². The summed E-state index contributed by atoms with van der Waals surface area (Å²) in [6.45, 7) is 6.72. The van der Waals surface area contributed by atoms with E-state index in [1.165, 1.54) is 0 Å². The lowest BCUT2D eigenvalue weighted by Crippen LogP contribution is -2.46. The lowest BCUT2D eigenvalue weighted by atomic mass is 9.80. The number of methoxy groups -OCH3 is 1. The van der Waals surface area contributed by atoms with E-state index in [2.05, 4.69) is 29.1 Å². The van der Waals surface area contributed by atoms with Crippen LogP contribution < -0.4 is 5.32 Å². The van der Waals surface area contributed by atoms with Crippen LogP contribution >= 0.6 is 0 Å². The lowest BCUT2D eigenvalue weighted by Gasteiger charge is -2.35. The molecular weight excluding hydrogens is 366 g/mol. The summed E-state index contributed by atoms with van der Waals surface area (Å²) in [7, 11) is 1.65. The fraction of sp³-hybridized carbons (Fsp3) is 0.455. The Balaban J connectivity index is 1.73. The molecule has 3 aromatic rings. The normalized spacial score (nSPS) is 18.8. The van der Waals surface area contributed by atoms with E-state index >= 15 is 0 Å². The third-order valence-corrected chi connectivity index (χ3v) is 5.70. The molecule has 0 bridgehead atoms. The number of hydrogen-bond acceptors (Lipinski definition) is 5. The highest BCUT2D eigenvalue weighted by Gasteiger charge is 2.35. The maximum atomic E-state index is 13.3. The number of carbonyl (C=O) groups is 1. The molecule has 0 aromatic carbocycles. The minimum absolute atomic E-state index is 0.136. The van der Waals surface area contributed by atoms with E-state index in [0.29, 0.717) is 23.7 Å². The zero-order valence-corrected chi connectivity index (χ0v) is 17.4. The molecule has 7 heteroatoms. The summed E-state index contributed by atoms with van der Waals surface area (Å²) < 4.78 is 7.28. The molecule has 4 rings (SSSR count). The van der Waals surface area contributed by atoms with Gasteiger partial charge < -0.3 is 14.5 Å². The van der Waals surface area contributed by atoms with Crippen LogP contribution in [0.15, 0.2) is 30.9 Å². The highest BCUT2D eigenvalue weighted by Crippen LogP contribution is 2.34. The molecule has 0 spiro atoms. The summed E-state index contributed by atoms with van der Waals surface area (Å²) in [6, 6.07) is 3.88. The van der Waals surface area contributed by atoms with Gasteiger partial charge in [0.2, 0.25) is 0 Å². The Morgan fingerprint density at radius 3 is 3.00 bits per heavy atom. The highest BCUT2D eigenvalue weighted by atomic mass is 16.5. The van der Waals surface area contributed by atoms with Crippen LogP contribution in [-0.2, 0) is 23.3 Å². The molecule has 152 valence electrons. The molecule has 0 fully saturated rings. The van der Waals surface area contributed by atoms with E-state index in [1.807, 2.05) is 35.9 Å². The number of nitrogens with one attached hydrogen (secondary N) is 1. The fourth-order valence-electron chi connectivity index (χ4n) is 4.21. The van der Waals surface area contributed by atoms with Crippen molar-refractivity contribution in [2.75, 3.05) is 7.11 Å². The lowest BCUT2D eigenvalue weighted by molar-refractivity contribution is 0.0896. The van der Waals surface area contributed by atoms with Crippen molar-refractivity contribution < 1.29 is 9.53 Å². The third kappa shape index (κ3) is 3.51. The summed E-state index contributed by atoms with van der Waals surface area (Å²) in [5.74, 6) is 0.155. The zero-order chi connectivity index (χ0) is 20.6. The number of carbonyl (C=O) groups excluding carboxylic acids is 1. The van der Waals surface area contributed by atoms with Gasteiger partial charge in [0.05, 0.1) is 23.4 Å². The Labute approximate surface area is 170 Å². The second kappa shape index (κ2) is 7.55. The van der Waals surface area contributed by atoms with E-state index < -0.39 is 5.54 Å². The predicted octanol–water partition coefficient (Wildman–Crippen LogP) is 3.38. The highest BCUT2D eigenvalue weighted by molar-refractivity contribution is 6.00. The van der Waals surface area contributed by atoms with Gasteiger partial charge >= 0.3 is 0 Å². The van der Waals surface area contributed by atoms with Crippen molar-refractivity contribution in [3.05, 3.63) is 59.1 Å². The summed E-state index contributed by atoms with van der Waals surface area (Å²) in [5, 5.41) is 3.24. The number of rotatable bonds is 5. The van der Waals surface area contributed by atoms with Crippen molar-refractivity contribution in [2.24, 2.45) is 0 Å². The van der Waals surface area contributed by atoms with Gasteiger partial charge in [-0.2, -0.15) is 0 Å². The first kappa shape index (κ1) is 19.5. The first-order valence-corrected chi connectivity index (χ1v) is 10.0. The van der Waals surface area contributed by atoms with E-state index in [9.17, 15) is 4.79 Å². The van der Waals surface area contributed by atoms with E-state index in [0.717, 1.165) is 41.9 Å². The molecule has 3 heterocycles. The number of aryl methyl sites for hydroxylation is 1. The monoisotopic (exact) mass is 393 g/mol. The standard InChI is InChI=1S/C22H27N5O2/c1-14(2)19-10-15(12-29-4)25-20-16(7-9-27(19)20)21(28)26-22(3)8-5-6-18-17(22)11-23-13-24-18/h7,9-11,13-14H,5-6,8,12H2,1-4H3,(H,26,28). The summed E-state index contributed by atoms with van der Waals surface area (Å²) >= 11 is 0. The SMILES string of the molecule is COCc1cc(C(C)C)n2ccc(C(=O)NC3(C)CCCc4ncncc43)c2n1. The maximum Gasteiger partial charge on any atom is 0.255 e. The van der Waals surface area contributed by atoms with Gasteiger partial charge in [0.1, 0.15) is 12.0 Å². The molecule has 1 aliphatic carbocycles. The van der Waals surface area contributed by atoms with Crippen molar-refractivity contribution >= 4 is 11.6 Å². The second-order valence-electron chi connectivity index (χ2n) is 8.21. The fourth-order valence-corrected chi connectivity index (χ4v) is 4.21. The molecular formula is C22H27N5O2. The molecule has 1 amide bonds. The van der Waals surface area contributed by atoms with Crippen LogP contribution in [0.5, 0.6) is 0 Å². The number of aromatic nitrogens is 4. The summed E-state index contributed by atoms with van der Waals surface area (Å²) in [4.78, 5) is 26.6. The van der Waals surface area contributed by atoms with Crippen molar-refractivity contribution in [2.45, 2.75) is 58.1 Å². The Morgan fingerprint density at radius 1 is 1.41 bits per heavy atom. The Bertz CT molecular complexity index is 1060. The number of nitrogens with zero attached hydrogens (tertiary/aromatic N) is 4. The predicted molar refractivity (Wildman–Crippen MR) is 110 cm³/mol. The summed E-state index contributed by atoms with van der Waals surface area (Å²) in [6.07, 6.45) is 8.06. The van der Waals surface area contributed by atoms with Gasteiger partial charge in [-0.05, 0) is 44.2 Å². The molecule has 1 aliphatic rings. The van der Waals surface area contributed by atoms with Crippen LogP contribution in [0, 0.1) is 0 Å². The molecule has 0 saturated carbocycles. The first-order chi connectivity index (χ1) is 13.9. The van der Waals surface area contributed by atoms with Gasteiger partial charge in [0.25, 0.3) is 5.91 Å². The molecule has 0 aliphatic heterocycles. The Morgan fingerprint density at radius 2 is 2.24 bits per heavy atom. The summed E-state index contributed by atoms with van der Waals surface area (Å²) in [5.41, 5.74) is 4.66. The minimum atomic E-state index is -0.495. The number of ether oxygens (including phenoxy) is 1. The molecule has 0 saturated heterocycles. The number of hydrogen-bond donors (Lipinski definition) is 1. The quantitative estimate of drug-likeness (QED) is 0.719. The van der Waals surface area contributed by atoms with Crippen LogP contribution in [0.4, 0.5) is 0 Å². The second-order valence-corrected chi connectivity index (χ2v) is 8.21. The van der Waals surface area contributed by atoms with Gasteiger partial charge in [-0.1, -0.05) is 13.8 Å². The molecule has 1 atom stereocenters. The van der Waals surface area contributed by atoms with Gasteiger partial charge in [-0.3, -0.25) is 4.79 Å².